The number of carbonyl (C=O) groups is 1. The molecule has 0 radical (unpaired) electrons. The van der Waals surface area contributed by atoms with Crippen LogP contribution in [-0.4, -0.2) is 35.4 Å². The second kappa shape index (κ2) is 10.9. The molecule has 6 nitrogen and oxygen atoms in total. The van der Waals surface area contributed by atoms with Crippen molar-refractivity contribution in [1.29, 1.82) is 0 Å². The van der Waals surface area contributed by atoms with Crippen LogP contribution < -0.4 is 0 Å². The molecule has 3 rings (SSSR count). The molecule has 0 unspecified atom stereocenters. The summed E-state index contributed by atoms with van der Waals surface area (Å²) in [6, 6.07) is 16.7. The minimum Gasteiger partial charge on any atom is -0.454 e. The summed E-state index contributed by atoms with van der Waals surface area (Å²) >= 11 is 0. The number of rotatable bonds is 7. The summed E-state index contributed by atoms with van der Waals surface area (Å²) in [5.41, 5.74) is 1.17. The predicted octanol–water partition coefficient (Wildman–Crippen LogP) is 4.97. The first-order valence-electron chi connectivity index (χ1n) is 9.94. The third-order valence-electron chi connectivity index (χ3n) is 5.36. The third kappa shape index (κ3) is 5.68. The predicted molar refractivity (Wildman–Crippen MR) is 120 cm³/mol. The average Bonchev–Trinajstić information content (AvgIpc) is 2.76. The van der Waals surface area contributed by atoms with Gasteiger partial charge in [0.05, 0.1) is 10.5 Å². The Morgan fingerprint density at radius 3 is 2.40 bits per heavy atom. The van der Waals surface area contributed by atoms with Gasteiger partial charge in [-0.15, -0.1) is 12.4 Å². The number of piperidine rings is 1. The highest BCUT2D eigenvalue weighted by Gasteiger charge is 2.39. The van der Waals surface area contributed by atoms with Gasteiger partial charge in [0, 0.05) is 45.0 Å². The Morgan fingerprint density at radius 2 is 1.77 bits per heavy atom. The number of likely N-dealkylation sites (tertiary alicyclic amines) is 1. The number of halogens is 1. The van der Waals surface area contributed by atoms with Crippen molar-refractivity contribution in [2.24, 2.45) is 0 Å². The van der Waals surface area contributed by atoms with Crippen molar-refractivity contribution < 1.29 is 14.5 Å². The van der Waals surface area contributed by atoms with E-state index < -0.39 is 5.60 Å². The van der Waals surface area contributed by atoms with E-state index in [0.717, 1.165) is 31.5 Å². The van der Waals surface area contributed by atoms with E-state index in [1.54, 1.807) is 24.3 Å². The number of hydrogen-bond acceptors (Lipinski definition) is 5. The highest BCUT2D eigenvalue weighted by Crippen LogP contribution is 2.37. The van der Waals surface area contributed by atoms with E-state index >= 15 is 0 Å². The minimum absolute atomic E-state index is 0. The first-order valence-corrected chi connectivity index (χ1v) is 9.94. The lowest BCUT2D eigenvalue weighted by atomic mass is 9.84. The number of ether oxygens (including phenoxy) is 1. The van der Waals surface area contributed by atoms with Crippen molar-refractivity contribution in [3.05, 3.63) is 81.9 Å². The minimum atomic E-state index is -0.577. The Hall–Kier alpha value is -2.70. The van der Waals surface area contributed by atoms with Crippen LogP contribution in [0.15, 0.2) is 60.7 Å². The zero-order valence-electron chi connectivity index (χ0n) is 17.0. The Labute approximate surface area is 183 Å². The number of carbonyl (C=O) groups excluding carboxylic acids is 1. The maximum Gasteiger partial charge on any atom is 0.306 e. The Bertz CT molecular complexity index is 878. The zero-order chi connectivity index (χ0) is 20.7. The van der Waals surface area contributed by atoms with E-state index in [1.165, 1.54) is 6.07 Å². The standard InChI is InChI=1S/C23H26N2O4.ClH/c1-2-22(26)29-23(20-11-4-3-5-12-20)14-17-24(18-15-23)16-8-10-19-9-6-7-13-21(19)25(27)28;/h3-13H,2,14-18H2,1H3;1H/b10-8+;. The quantitative estimate of drug-likeness (QED) is 0.352. The second-order valence-corrected chi connectivity index (χ2v) is 7.21. The maximum atomic E-state index is 12.1. The van der Waals surface area contributed by atoms with Crippen LogP contribution in [0.4, 0.5) is 5.69 Å². The molecule has 1 aliphatic rings. The molecular formula is C23H27ClN2O4. The molecule has 2 aromatic carbocycles. The first kappa shape index (κ1) is 23.6. The van der Waals surface area contributed by atoms with Crippen molar-refractivity contribution >= 4 is 30.1 Å². The summed E-state index contributed by atoms with van der Waals surface area (Å²) in [5, 5.41) is 11.1. The first-order chi connectivity index (χ1) is 14.0. The number of hydrogen-bond donors (Lipinski definition) is 0. The van der Waals surface area contributed by atoms with Gasteiger partial charge in [-0.25, -0.2) is 0 Å². The van der Waals surface area contributed by atoms with Gasteiger partial charge in [0.2, 0.25) is 0 Å². The van der Waals surface area contributed by atoms with Crippen LogP contribution in [0.2, 0.25) is 0 Å². The molecule has 1 saturated heterocycles. The molecular weight excluding hydrogens is 404 g/mol. The topological polar surface area (TPSA) is 72.7 Å². The lowest BCUT2D eigenvalue weighted by Crippen LogP contribution is -2.45. The van der Waals surface area contributed by atoms with Crippen LogP contribution in [0, 0.1) is 10.1 Å². The highest BCUT2D eigenvalue weighted by atomic mass is 35.5. The largest absolute Gasteiger partial charge is 0.454 e. The molecule has 0 aromatic heterocycles. The van der Waals surface area contributed by atoms with E-state index in [9.17, 15) is 14.9 Å². The lowest BCUT2D eigenvalue weighted by Gasteiger charge is -2.41. The molecule has 0 atom stereocenters. The monoisotopic (exact) mass is 430 g/mol. The van der Waals surface area contributed by atoms with Crippen molar-refractivity contribution in [3.8, 4) is 0 Å². The summed E-state index contributed by atoms with van der Waals surface area (Å²) in [7, 11) is 0. The van der Waals surface area contributed by atoms with Crippen LogP contribution in [-0.2, 0) is 15.1 Å². The van der Waals surface area contributed by atoms with Crippen molar-refractivity contribution in [1.82, 2.24) is 4.90 Å². The SMILES string of the molecule is CCC(=O)OC1(c2ccccc2)CCN(C/C=C/c2ccccc2[N+](=O)[O-])CC1.Cl. The Balaban J connectivity index is 0.00000320. The van der Waals surface area contributed by atoms with E-state index in [-0.39, 0.29) is 29.0 Å². The van der Waals surface area contributed by atoms with E-state index in [1.807, 2.05) is 43.3 Å². The van der Waals surface area contributed by atoms with Crippen LogP contribution in [0.1, 0.15) is 37.3 Å². The van der Waals surface area contributed by atoms with Crippen LogP contribution >= 0.6 is 12.4 Å². The average molecular weight is 431 g/mol. The van der Waals surface area contributed by atoms with Gasteiger partial charge in [-0.3, -0.25) is 19.8 Å². The number of benzene rings is 2. The maximum absolute atomic E-state index is 12.1. The van der Waals surface area contributed by atoms with Gasteiger partial charge < -0.3 is 4.74 Å². The fraction of sp³-hybridized carbons (Fsp3) is 0.348. The summed E-state index contributed by atoms with van der Waals surface area (Å²) in [4.78, 5) is 25.1. The fourth-order valence-corrected chi connectivity index (χ4v) is 3.70. The molecule has 1 fully saturated rings. The van der Waals surface area contributed by atoms with Crippen LogP contribution in [0.25, 0.3) is 6.08 Å². The molecule has 0 spiro atoms. The molecule has 1 aliphatic heterocycles. The van der Waals surface area contributed by atoms with Crippen molar-refractivity contribution in [2.45, 2.75) is 31.8 Å². The number of esters is 1. The van der Waals surface area contributed by atoms with Gasteiger partial charge >= 0.3 is 5.97 Å². The summed E-state index contributed by atoms with van der Waals surface area (Å²) in [6.45, 7) is 4.07. The molecule has 0 amide bonds. The second-order valence-electron chi connectivity index (χ2n) is 7.21. The van der Waals surface area contributed by atoms with Gasteiger partial charge in [0.15, 0.2) is 0 Å². The molecule has 0 N–H and O–H groups in total. The normalized spacial score (nSPS) is 16.0. The van der Waals surface area contributed by atoms with Gasteiger partial charge in [0.1, 0.15) is 5.60 Å². The summed E-state index contributed by atoms with van der Waals surface area (Å²) in [5.74, 6) is -0.182. The molecule has 0 aliphatic carbocycles. The van der Waals surface area contributed by atoms with E-state index in [4.69, 9.17) is 4.74 Å². The zero-order valence-corrected chi connectivity index (χ0v) is 17.8. The van der Waals surface area contributed by atoms with E-state index in [2.05, 4.69) is 4.90 Å². The van der Waals surface area contributed by atoms with Crippen LogP contribution in [0.5, 0.6) is 0 Å². The lowest BCUT2D eigenvalue weighted by molar-refractivity contribution is -0.385. The number of nitrogens with zero attached hydrogens (tertiary/aromatic N) is 2. The fourth-order valence-electron chi connectivity index (χ4n) is 3.70. The molecule has 2 aromatic rings. The van der Waals surface area contributed by atoms with Crippen molar-refractivity contribution in [2.75, 3.05) is 19.6 Å². The smallest absolute Gasteiger partial charge is 0.306 e. The van der Waals surface area contributed by atoms with Crippen molar-refractivity contribution in [3.63, 3.8) is 0 Å². The van der Waals surface area contributed by atoms with Gasteiger partial charge in [-0.1, -0.05) is 61.5 Å². The number of nitro benzene ring substituents is 1. The molecule has 160 valence electrons. The molecule has 0 saturated carbocycles. The van der Waals surface area contributed by atoms with Gasteiger partial charge in [0.25, 0.3) is 5.69 Å². The third-order valence-corrected chi connectivity index (χ3v) is 5.36. The Kier molecular flexibility index (Phi) is 8.57. The molecule has 30 heavy (non-hydrogen) atoms. The van der Waals surface area contributed by atoms with Gasteiger partial charge in [-0.05, 0) is 11.6 Å². The Morgan fingerprint density at radius 1 is 1.13 bits per heavy atom. The molecule has 7 heteroatoms. The van der Waals surface area contributed by atoms with E-state index in [0.29, 0.717) is 18.5 Å². The summed E-state index contributed by atoms with van der Waals surface area (Å²) in [6.07, 6.45) is 5.56. The van der Waals surface area contributed by atoms with Gasteiger partial charge in [-0.2, -0.15) is 0 Å². The summed E-state index contributed by atoms with van der Waals surface area (Å²) < 4.78 is 5.92. The highest BCUT2D eigenvalue weighted by molar-refractivity contribution is 5.85. The number of nitro groups is 1. The molecule has 1 heterocycles. The molecule has 0 bridgehead atoms. The van der Waals surface area contributed by atoms with Crippen LogP contribution in [0.3, 0.4) is 0 Å². The number of para-hydroxylation sites is 1.